The van der Waals surface area contributed by atoms with Crippen LogP contribution < -0.4 is 0 Å². The van der Waals surface area contributed by atoms with Gasteiger partial charge in [-0.1, -0.05) is 5.21 Å². The lowest BCUT2D eigenvalue weighted by atomic mass is 10.0. The molecule has 1 N–H and O–H groups in total. The van der Waals surface area contributed by atoms with Gasteiger partial charge in [0.15, 0.2) is 0 Å². The fourth-order valence-electron chi connectivity index (χ4n) is 2.58. The predicted octanol–water partition coefficient (Wildman–Crippen LogP) is 0.625. The van der Waals surface area contributed by atoms with Crippen molar-refractivity contribution >= 4 is 5.91 Å². The molecule has 1 saturated heterocycles. The number of ether oxygens (including phenoxy) is 1. The van der Waals surface area contributed by atoms with Crippen LogP contribution in [0.1, 0.15) is 35.1 Å². The number of likely N-dealkylation sites (tertiary alicyclic amines) is 1. The number of methoxy groups -OCH3 is 1. The number of carbonyl (C=O) groups is 1. The maximum Gasteiger partial charge on any atom is 0.271 e. The summed E-state index contributed by atoms with van der Waals surface area (Å²) in [5, 5.41) is 14.7. The Balaban J connectivity index is 1.58. The van der Waals surface area contributed by atoms with Gasteiger partial charge in [0.25, 0.3) is 5.91 Å². The Morgan fingerprint density at radius 2 is 2.29 bits per heavy atom. The summed E-state index contributed by atoms with van der Waals surface area (Å²) in [7, 11) is 1.64. The summed E-state index contributed by atoms with van der Waals surface area (Å²) in [6.45, 7) is 1.89. The molecule has 2 aromatic rings. The summed E-state index contributed by atoms with van der Waals surface area (Å²) in [6, 6.07) is 1.98. The molecule has 8 heteroatoms. The van der Waals surface area contributed by atoms with Crippen LogP contribution in [0.15, 0.2) is 18.5 Å². The molecule has 0 radical (unpaired) electrons. The van der Waals surface area contributed by atoms with Crippen molar-refractivity contribution < 1.29 is 9.53 Å². The largest absolute Gasteiger partial charge is 0.378 e. The number of nitrogens with one attached hydrogen (secondary N) is 1. The van der Waals surface area contributed by atoms with E-state index in [1.165, 1.54) is 0 Å². The average Bonchev–Trinajstić information content (AvgIpc) is 3.19. The minimum atomic E-state index is 0.00427. The summed E-state index contributed by atoms with van der Waals surface area (Å²) in [4.78, 5) is 14.0. The van der Waals surface area contributed by atoms with E-state index < -0.39 is 0 Å². The van der Waals surface area contributed by atoms with Crippen molar-refractivity contribution in [3.8, 4) is 0 Å². The summed E-state index contributed by atoms with van der Waals surface area (Å²) < 4.78 is 6.92. The van der Waals surface area contributed by atoms with Crippen molar-refractivity contribution in [3.63, 3.8) is 0 Å². The van der Waals surface area contributed by atoms with E-state index in [4.69, 9.17) is 4.74 Å². The molecule has 21 heavy (non-hydrogen) atoms. The molecular formula is C13H18N6O2. The smallest absolute Gasteiger partial charge is 0.271 e. The Morgan fingerprint density at radius 3 is 2.95 bits per heavy atom. The highest BCUT2D eigenvalue weighted by atomic mass is 16.5. The molecule has 0 saturated carbocycles. The Labute approximate surface area is 122 Å². The molecule has 112 valence electrons. The van der Waals surface area contributed by atoms with Crippen LogP contribution in [0, 0.1) is 0 Å². The topological polar surface area (TPSA) is 88.9 Å². The van der Waals surface area contributed by atoms with Gasteiger partial charge in [-0.15, -0.1) is 5.10 Å². The molecule has 0 aromatic carbocycles. The summed E-state index contributed by atoms with van der Waals surface area (Å²) in [5.74, 6) is 0.00427. The van der Waals surface area contributed by atoms with Gasteiger partial charge >= 0.3 is 0 Å². The van der Waals surface area contributed by atoms with Gasteiger partial charge in [0.1, 0.15) is 11.4 Å². The van der Waals surface area contributed by atoms with Crippen LogP contribution in [-0.2, 0) is 11.3 Å². The second-order valence-corrected chi connectivity index (χ2v) is 5.12. The number of aromatic nitrogens is 5. The van der Waals surface area contributed by atoms with Crippen LogP contribution in [0.25, 0.3) is 0 Å². The Morgan fingerprint density at radius 1 is 1.48 bits per heavy atom. The van der Waals surface area contributed by atoms with E-state index in [2.05, 4.69) is 20.5 Å². The highest BCUT2D eigenvalue weighted by Crippen LogP contribution is 2.22. The SMILES string of the molecule is COCc1cn(C2CCN(C(=O)c3ccn[nH]3)CC2)nn1. The molecule has 8 nitrogen and oxygen atoms in total. The zero-order valence-corrected chi connectivity index (χ0v) is 11.9. The van der Waals surface area contributed by atoms with Crippen LogP contribution in [0.4, 0.5) is 0 Å². The van der Waals surface area contributed by atoms with Crippen molar-refractivity contribution in [1.29, 1.82) is 0 Å². The van der Waals surface area contributed by atoms with E-state index >= 15 is 0 Å². The lowest BCUT2D eigenvalue weighted by molar-refractivity contribution is 0.0683. The van der Waals surface area contributed by atoms with Crippen LogP contribution >= 0.6 is 0 Å². The molecule has 1 fully saturated rings. The van der Waals surface area contributed by atoms with Crippen molar-refractivity contribution in [2.24, 2.45) is 0 Å². The van der Waals surface area contributed by atoms with Crippen LogP contribution in [0.5, 0.6) is 0 Å². The molecule has 1 aliphatic rings. The third-order valence-electron chi connectivity index (χ3n) is 3.71. The van der Waals surface area contributed by atoms with Crippen LogP contribution in [-0.4, -0.2) is 56.2 Å². The van der Waals surface area contributed by atoms with Crippen molar-refractivity contribution in [3.05, 3.63) is 29.8 Å². The fraction of sp³-hybridized carbons (Fsp3) is 0.538. The number of amides is 1. The number of hydrogen-bond acceptors (Lipinski definition) is 5. The molecule has 2 aromatic heterocycles. The summed E-state index contributed by atoms with van der Waals surface area (Å²) >= 11 is 0. The van der Waals surface area contributed by atoms with Gasteiger partial charge in [0.05, 0.1) is 18.8 Å². The monoisotopic (exact) mass is 290 g/mol. The van der Waals surface area contributed by atoms with Gasteiger partial charge in [-0.2, -0.15) is 5.10 Å². The molecule has 0 spiro atoms. The lowest BCUT2D eigenvalue weighted by Gasteiger charge is -2.31. The van der Waals surface area contributed by atoms with Crippen molar-refractivity contribution in [1.82, 2.24) is 30.1 Å². The maximum atomic E-state index is 12.2. The summed E-state index contributed by atoms with van der Waals surface area (Å²) in [5.41, 5.74) is 1.37. The van der Waals surface area contributed by atoms with Gasteiger partial charge in [0, 0.05) is 26.4 Å². The second-order valence-electron chi connectivity index (χ2n) is 5.12. The normalized spacial score (nSPS) is 16.3. The number of hydrogen-bond donors (Lipinski definition) is 1. The molecule has 1 amide bonds. The van der Waals surface area contributed by atoms with Gasteiger partial charge in [-0.05, 0) is 18.9 Å². The third kappa shape index (κ3) is 2.94. The number of carbonyl (C=O) groups excluding carboxylic acids is 1. The molecule has 0 atom stereocenters. The molecule has 1 aliphatic heterocycles. The summed E-state index contributed by atoms with van der Waals surface area (Å²) in [6.07, 6.45) is 5.25. The molecule has 3 heterocycles. The fourth-order valence-corrected chi connectivity index (χ4v) is 2.58. The van der Waals surface area contributed by atoms with Crippen molar-refractivity contribution in [2.75, 3.05) is 20.2 Å². The molecule has 0 aliphatic carbocycles. The predicted molar refractivity (Wildman–Crippen MR) is 73.5 cm³/mol. The van der Waals surface area contributed by atoms with Gasteiger partial charge < -0.3 is 9.64 Å². The first kappa shape index (κ1) is 13.7. The number of piperidine rings is 1. The standard InChI is InChI=1S/C13H18N6O2/c1-21-9-10-8-19(17-15-10)11-3-6-18(7-4-11)13(20)12-2-5-14-16-12/h2,5,8,11H,3-4,6-7,9H2,1H3,(H,14,16). The minimum absolute atomic E-state index is 0.00427. The van der Waals surface area contributed by atoms with E-state index in [9.17, 15) is 4.79 Å². The van der Waals surface area contributed by atoms with E-state index in [0.29, 0.717) is 25.4 Å². The average molecular weight is 290 g/mol. The Bertz CT molecular complexity index is 586. The minimum Gasteiger partial charge on any atom is -0.378 e. The first-order valence-corrected chi connectivity index (χ1v) is 6.96. The maximum absolute atomic E-state index is 12.2. The van der Waals surface area contributed by atoms with Gasteiger partial charge in [-0.3, -0.25) is 9.89 Å². The first-order chi connectivity index (χ1) is 10.3. The lowest BCUT2D eigenvalue weighted by Crippen LogP contribution is -2.39. The quantitative estimate of drug-likeness (QED) is 0.892. The van der Waals surface area contributed by atoms with Gasteiger partial charge in [-0.25, -0.2) is 4.68 Å². The zero-order valence-electron chi connectivity index (χ0n) is 11.9. The highest BCUT2D eigenvalue weighted by Gasteiger charge is 2.25. The Hall–Kier alpha value is -2.22. The number of nitrogens with zero attached hydrogens (tertiary/aromatic N) is 5. The number of rotatable bonds is 4. The Kier molecular flexibility index (Phi) is 3.96. The molecular weight excluding hydrogens is 272 g/mol. The van der Waals surface area contributed by atoms with E-state index in [1.54, 1.807) is 19.4 Å². The second kappa shape index (κ2) is 6.04. The van der Waals surface area contributed by atoms with Crippen molar-refractivity contribution in [2.45, 2.75) is 25.5 Å². The molecule has 0 bridgehead atoms. The molecule has 3 rings (SSSR count). The third-order valence-corrected chi connectivity index (χ3v) is 3.71. The van der Waals surface area contributed by atoms with E-state index in [-0.39, 0.29) is 11.9 Å². The van der Waals surface area contributed by atoms with E-state index in [1.807, 2.05) is 15.8 Å². The van der Waals surface area contributed by atoms with E-state index in [0.717, 1.165) is 18.5 Å². The zero-order chi connectivity index (χ0) is 14.7. The van der Waals surface area contributed by atoms with Gasteiger partial charge in [0.2, 0.25) is 0 Å². The van der Waals surface area contributed by atoms with Crippen LogP contribution in [0.3, 0.4) is 0 Å². The first-order valence-electron chi connectivity index (χ1n) is 6.96. The number of H-pyrrole nitrogens is 1. The number of aromatic amines is 1. The van der Waals surface area contributed by atoms with Crippen LogP contribution in [0.2, 0.25) is 0 Å². The molecule has 0 unspecified atom stereocenters. The highest BCUT2D eigenvalue weighted by molar-refractivity contribution is 5.92.